The summed E-state index contributed by atoms with van der Waals surface area (Å²) >= 11 is 0. The van der Waals surface area contributed by atoms with E-state index in [1.54, 1.807) is 11.0 Å². The number of likely N-dealkylation sites (tertiary alicyclic amines) is 1. The van der Waals surface area contributed by atoms with Crippen molar-refractivity contribution in [1.82, 2.24) is 4.90 Å². The Morgan fingerprint density at radius 1 is 1.24 bits per heavy atom. The number of rotatable bonds is 5. The van der Waals surface area contributed by atoms with Crippen molar-refractivity contribution < 1.29 is 19.1 Å². The highest BCUT2D eigenvalue weighted by atomic mass is 16.6. The summed E-state index contributed by atoms with van der Waals surface area (Å²) in [6.07, 6.45) is 2.05. The van der Waals surface area contributed by atoms with E-state index < -0.39 is 5.60 Å². The minimum atomic E-state index is -0.559. The molecule has 1 aliphatic rings. The number of benzene rings is 1. The van der Waals surface area contributed by atoms with E-state index in [1.165, 1.54) is 0 Å². The van der Waals surface area contributed by atoms with Gasteiger partial charge in [0.1, 0.15) is 12.2 Å². The van der Waals surface area contributed by atoms with E-state index in [0.717, 1.165) is 5.56 Å². The standard InChI is InChI=1S/C20H27NO4/c1-5-9-16-12-21(19(23)25-20(2,3)4)13-17(16)18(22)24-14-15-10-7-6-8-11-15/h5-8,10-11,16-17H,1,9,12-14H2,2-4H3. The summed E-state index contributed by atoms with van der Waals surface area (Å²) in [6.45, 7) is 10.3. The molecule has 5 nitrogen and oxygen atoms in total. The van der Waals surface area contributed by atoms with Crippen molar-refractivity contribution in [1.29, 1.82) is 0 Å². The number of carbonyl (C=O) groups excluding carboxylic acids is 2. The molecule has 1 heterocycles. The summed E-state index contributed by atoms with van der Waals surface area (Å²) in [5, 5.41) is 0. The molecule has 2 unspecified atom stereocenters. The van der Waals surface area contributed by atoms with Crippen molar-refractivity contribution in [3.63, 3.8) is 0 Å². The fraction of sp³-hybridized carbons (Fsp3) is 0.500. The first-order valence-electron chi connectivity index (χ1n) is 8.59. The summed E-state index contributed by atoms with van der Waals surface area (Å²) < 4.78 is 10.9. The fourth-order valence-corrected chi connectivity index (χ4v) is 2.90. The van der Waals surface area contributed by atoms with Gasteiger partial charge in [-0.05, 0) is 38.7 Å². The first-order chi connectivity index (χ1) is 11.8. The van der Waals surface area contributed by atoms with Crippen molar-refractivity contribution >= 4 is 12.1 Å². The number of allylic oxidation sites excluding steroid dienone is 1. The van der Waals surface area contributed by atoms with Crippen LogP contribution in [0, 0.1) is 11.8 Å². The molecule has 1 amide bonds. The molecule has 25 heavy (non-hydrogen) atoms. The molecule has 0 spiro atoms. The van der Waals surface area contributed by atoms with Gasteiger partial charge >= 0.3 is 12.1 Å². The van der Waals surface area contributed by atoms with E-state index in [2.05, 4.69) is 6.58 Å². The van der Waals surface area contributed by atoms with Crippen molar-refractivity contribution in [2.75, 3.05) is 13.1 Å². The lowest BCUT2D eigenvalue weighted by Crippen LogP contribution is -2.36. The highest BCUT2D eigenvalue weighted by Crippen LogP contribution is 2.29. The van der Waals surface area contributed by atoms with Gasteiger partial charge in [0, 0.05) is 13.1 Å². The van der Waals surface area contributed by atoms with Crippen LogP contribution < -0.4 is 0 Å². The van der Waals surface area contributed by atoms with Gasteiger partial charge in [-0.25, -0.2) is 4.79 Å². The second-order valence-corrected chi connectivity index (χ2v) is 7.37. The zero-order valence-electron chi connectivity index (χ0n) is 15.2. The Labute approximate surface area is 149 Å². The van der Waals surface area contributed by atoms with Crippen LogP contribution in [0.1, 0.15) is 32.8 Å². The van der Waals surface area contributed by atoms with Gasteiger partial charge in [0.2, 0.25) is 0 Å². The number of nitrogens with zero attached hydrogens (tertiary/aromatic N) is 1. The van der Waals surface area contributed by atoms with Gasteiger partial charge in [-0.3, -0.25) is 4.79 Å². The van der Waals surface area contributed by atoms with Crippen LogP contribution in [0.25, 0.3) is 0 Å². The second-order valence-electron chi connectivity index (χ2n) is 7.37. The molecule has 1 fully saturated rings. The van der Waals surface area contributed by atoms with E-state index >= 15 is 0 Å². The van der Waals surface area contributed by atoms with Gasteiger partial charge in [-0.2, -0.15) is 0 Å². The fourth-order valence-electron chi connectivity index (χ4n) is 2.90. The zero-order valence-corrected chi connectivity index (χ0v) is 15.2. The highest BCUT2D eigenvalue weighted by Gasteiger charge is 2.41. The van der Waals surface area contributed by atoms with Crippen LogP contribution in [0.4, 0.5) is 4.79 Å². The molecule has 136 valence electrons. The van der Waals surface area contributed by atoms with Crippen LogP contribution in [0.2, 0.25) is 0 Å². The van der Waals surface area contributed by atoms with E-state index in [-0.39, 0.29) is 30.5 Å². The third-order valence-corrected chi connectivity index (χ3v) is 4.09. The van der Waals surface area contributed by atoms with Gasteiger partial charge < -0.3 is 14.4 Å². The monoisotopic (exact) mass is 345 g/mol. The minimum Gasteiger partial charge on any atom is -0.461 e. The van der Waals surface area contributed by atoms with E-state index in [4.69, 9.17) is 9.47 Å². The van der Waals surface area contributed by atoms with E-state index in [0.29, 0.717) is 19.5 Å². The second kappa shape index (κ2) is 8.19. The Morgan fingerprint density at radius 3 is 2.52 bits per heavy atom. The number of hydrogen-bond donors (Lipinski definition) is 0. The smallest absolute Gasteiger partial charge is 0.410 e. The molecule has 1 saturated heterocycles. The SMILES string of the molecule is C=CCC1CN(C(=O)OC(C)(C)C)CC1C(=O)OCc1ccccc1. The Hall–Kier alpha value is -2.30. The number of hydrogen-bond acceptors (Lipinski definition) is 4. The Morgan fingerprint density at radius 2 is 1.92 bits per heavy atom. The Balaban J connectivity index is 1.98. The molecule has 0 aromatic heterocycles. The maximum atomic E-state index is 12.5. The molecule has 0 aliphatic carbocycles. The van der Waals surface area contributed by atoms with Gasteiger partial charge in [0.05, 0.1) is 5.92 Å². The summed E-state index contributed by atoms with van der Waals surface area (Å²) in [5.41, 5.74) is 0.384. The summed E-state index contributed by atoms with van der Waals surface area (Å²) in [7, 11) is 0. The van der Waals surface area contributed by atoms with Crippen molar-refractivity contribution in [2.24, 2.45) is 11.8 Å². The highest BCUT2D eigenvalue weighted by molar-refractivity contribution is 5.76. The minimum absolute atomic E-state index is 0.00768. The average molecular weight is 345 g/mol. The normalized spacial score (nSPS) is 20.2. The third kappa shape index (κ3) is 5.62. The third-order valence-electron chi connectivity index (χ3n) is 4.09. The lowest BCUT2D eigenvalue weighted by Gasteiger charge is -2.24. The Kier molecular flexibility index (Phi) is 6.23. The lowest BCUT2D eigenvalue weighted by molar-refractivity contribution is -0.150. The summed E-state index contributed by atoms with van der Waals surface area (Å²) in [6, 6.07) is 9.56. The molecule has 5 heteroatoms. The topological polar surface area (TPSA) is 55.8 Å². The van der Waals surface area contributed by atoms with Crippen LogP contribution in [-0.2, 0) is 20.9 Å². The molecule has 0 radical (unpaired) electrons. The molecular weight excluding hydrogens is 318 g/mol. The zero-order chi connectivity index (χ0) is 18.4. The van der Waals surface area contributed by atoms with Crippen LogP contribution in [0.3, 0.4) is 0 Å². The molecule has 2 rings (SSSR count). The predicted octanol–water partition coefficient (Wildman–Crippen LogP) is 3.79. The summed E-state index contributed by atoms with van der Waals surface area (Å²) in [5.74, 6) is -0.621. The number of esters is 1. The lowest BCUT2D eigenvalue weighted by atomic mass is 9.93. The largest absolute Gasteiger partial charge is 0.461 e. The number of ether oxygens (including phenoxy) is 2. The van der Waals surface area contributed by atoms with E-state index in [9.17, 15) is 9.59 Å². The molecule has 0 N–H and O–H groups in total. The molecule has 0 saturated carbocycles. The molecule has 1 aromatic carbocycles. The van der Waals surface area contributed by atoms with Crippen molar-refractivity contribution in [3.05, 3.63) is 48.6 Å². The maximum Gasteiger partial charge on any atom is 0.410 e. The maximum absolute atomic E-state index is 12.5. The van der Waals surface area contributed by atoms with Crippen LogP contribution in [0.15, 0.2) is 43.0 Å². The molecule has 2 atom stereocenters. The number of carbonyl (C=O) groups is 2. The van der Waals surface area contributed by atoms with Crippen molar-refractivity contribution in [2.45, 2.75) is 39.4 Å². The molecule has 1 aromatic rings. The predicted molar refractivity (Wildman–Crippen MR) is 95.8 cm³/mol. The molecular formula is C20H27NO4. The average Bonchev–Trinajstić information content (AvgIpc) is 2.97. The van der Waals surface area contributed by atoms with Gasteiger partial charge in [-0.1, -0.05) is 36.4 Å². The summed E-state index contributed by atoms with van der Waals surface area (Å²) in [4.78, 5) is 26.4. The van der Waals surface area contributed by atoms with Gasteiger partial charge in [0.15, 0.2) is 0 Å². The van der Waals surface area contributed by atoms with E-state index in [1.807, 2.05) is 51.1 Å². The number of amides is 1. The van der Waals surface area contributed by atoms with Crippen LogP contribution in [0.5, 0.6) is 0 Å². The van der Waals surface area contributed by atoms with Crippen LogP contribution >= 0.6 is 0 Å². The Bertz CT molecular complexity index is 606. The first kappa shape index (κ1) is 19.0. The van der Waals surface area contributed by atoms with Crippen molar-refractivity contribution in [3.8, 4) is 0 Å². The van der Waals surface area contributed by atoms with Gasteiger partial charge in [-0.15, -0.1) is 6.58 Å². The molecule has 0 bridgehead atoms. The quantitative estimate of drug-likeness (QED) is 0.602. The van der Waals surface area contributed by atoms with Crippen LogP contribution in [-0.4, -0.2) is 35.7 Å². The van der Waals surface area contributed by atoms with Gasteiger partial charge in [0.25, 0.3) is 0 Å². The first-order valence-corrected chi connectivity index (χ1v) is 8.59. The molecule has 1 aliphatic heterocycles.